The van der Waals surface area contributed by atoms with Gasteiger partial charge in [-0.3, -0.25) is 0 Å². The van der Waals surface area contributed by atoms with E-state index < -0.39 is 14.4 Å². The van der Waals surface area contributed by atoms with Crippen LogP contribution in [0.25, 0.3) is 0 Å². The van der Waals surface area contributed by atoms with Crippen molar-refractivity contribution >= 4 is 8.80 Å². The topological polar surface area (TPSA) is 20.2 Å². The lowest BCUT2D eigenvalue weighted by atomic mass is 10.1. The zero-order chi connectivity index (χ0) is 7.49. The van der Waals surface area contributed by atoms with Gasteiger partial charge in [-0.15, -0.1) is 0 Å². The second-order valence-corrected chi connectivity index (χ2v) is 7.11. The Bertz CT molecular complexity index is 73.5. The molecule has 0 spiro atoms. The monoisotopic (exact) mass is 146 g/mol. The molecule has 1 nitrogen and oxygen atoms in total. The van der Waals surface area contributed by atoms with Gasteiger partial charge in [-0.05, 0) is 20.3 Å². The molecule has 0 saturated heterocycles. The van der Waals surface area contributed by atoms with E-state index in [9.17, 15) is 5.11 Å². The maximum absolute atomic E-state index is 9.29. The molecule has 0 aromatic carbocycles. The Hall–Kier alpha value is 0.177. The number of rotatable bonds is 3. The van der Waals surface area contributed by atoms with Gasteiger partial charge in [-0.2, -0.15) is 0 Å². The van der Waals surface area contributed by atoms with Crippen LogP contribution in [-0.2, 0) is 0 Å². The summed E-state index contributed by atoms with van der Waals surface area (Å²) in [6, 6.07) is 1.25. The quantitative estimate of drug-likeness (QED) is 0.600. The molecule has 0 saturated carbocycles. The van der Waals surface area contributed by atoms with Crippen LogP contribution in [0.5, 0.6) is 0 Å². The average molecular weight is 146 g/mol. The van der Waals surface area contributed by atoms with Crippen LogP contribution < -0.4 is 0 Å². The SMILES string of the molecule is C[SiH](C)CCC(C)(C)O. The summed E-state index contributed by atoms with van der Waals surface area (Å²) in [7, 11) is -0.430. The summed E-state index contributed by atoms with van der Waals surface area (Å²) in [5.74, 6) is 0. The first-order valence-electron chi connectivity index (χ1n) is 3.64. The molecular weight excluding hydrogens is 128 g/mol. The lowest BCUT2D eigenvalue weighted by Gasteiger charge is -2.17. The molecule has 0 aromatic rings. The zero-order valence-electron chi connectivity index (χ0n) is 6.94. The smallest absolute Gasteiger partial charge is 0.0589 e. The fraction of sp³-hybridized carbons (Fsp3) is 1.00. The van der Waals surface area contributed by atoms with E-state index in [0.29, 0.717) is 0 Å². The highest BCUT2D eigenvalue weighted by atomic mass is 28.3. The summed E-state index contributed by atoms with van der Waals surface area (Å²) in [4.78, 5) is 0. The summed E-state index contributed by atoms with van der Waals surface area (Å²) in [5.41, 5.74) is -0.433. The van der Waals surface area contributed by atoms with Crippen molar-refractivity contribution in [3.8, 4) is 0 Å². The van der Waals surface area contributed by atoms with Gasteiger partial charge in [0.25, 0.3) is 0 Å². The summed E-state index contributed by atoms with van der Waals surface area (Å²) >= 11 is 0. The molecule has 0 heterocycles. The Morgan fingerprint density at radius 2 is 1.78 bits per heavy atom. The van der Waals surface area contributed by atoms with Gasteiger partial charge < -0.3 is 5.11 Å². The average Bonchev–Trinajstić information content (AvgIpc) is 1.59. The van der Waals surface area contributed by atoms with E-state index in [0.717, 1.165) is 6.42 Å². The first kappa shape index (κ1) is 9.18. The maximum atomic E-state index is 9.29. The molecule has 0 aromatic heterocycles. The van der Waals surface area contributed by atoms with Crippen LogP contribution in [0.15, 0.2) is 0 Å². The number of aliphatic hydroxyl groups is 1. The van der Waals surface area contributed by atoms with Crippen molar-refractivity contribution in [1.82, 2.24) is 0 Å². The van der Waals surface area contributed by atoms with Crippen molar-refractivity contribution < 1.29 is 5.11 Å². The van der Waals surface area contributed by atoms with Crippen LogP contribution in [0.4, 0.5) is 0 Å². The van der Waals surface area contributed by atoms with E-state index in [1.165, 1.54) is 6.04 Å². The zero-order valence-corrected chi connectivity index (χ0v) is 8.09. The van der Waals surface area contributed by atoms with Gasteiger partial charge in [0.2, 0.25) is 0 Å². The van der Waals surface area contributed by atoms with Gasteiger partial charge in [-0.25, -0.2) is 0 Å². The second-order valence-electron chi connectivity index (χ2n) is 3.74. The molecule has 0 radical (unpaired) electrons. The Morgan fingerprint density at radius 1 is 1.33 bits per heavy atom. The summed E-state index contributed by atoms with van der Waals surface area (Å²) in [6.07, 6.45) is 0.969. The van der Waals surface area contributed by atoms with E-state index in [2.05, 4.69) is 13.1 Å². The van der Waals surface area contributed by atoms with Crippen molar-refractivity contribution in [2.45, 2.75) is 45.0 Å². The molecule has 0 rings (SSSR count). The minimum Gasteiger partial charge on any atom is -0.390 e. The number of hydrogen-bond donors (Lipinski definition) is 1. The van der Waals surface area contributed by atoms with Crippen LogP contribution in [0.2, 0.25) is 19.1 Å². The predicted octanol–water partition coefficient (Wildman–Crippen LogP) is 1.63. The first-order chi connectivity index (χ1) is 3.92. The molecule has 2 heteroatoms. The van der Waals surface area contributed by atoms with Crippen molar-refractivity contribution in [3.63, 3.8) is 0 Å². The highest BCUT2D eigenvalue weighted by Crippen LogP contribution is 2.12. The predicted molar refractivity (Wildman–Crippen MR) is 44.6 cm³/mol. The third-order valence-electron chi connectivity index (χ3n) is 1.33. The molecule has 0 unspecified atom stereocenters. The minimum atomic E-state index is -0.433. The van der Waals surface area contributed by atoms with Gasteiger partial charge in [-0.1, -0.05) is 19.1 Å². The molecule has 9 heavy (non-hydrogen) atoms. The largest absolute Gasteiger partial charge is 0.390 e. The van der Waals surface area contributed by atoms with Crippen LogP contribution in [0.3, 0.4) is 0 Å². The second kappa shape index (κ2) is 3.37. The molecule has 0 atom stereocenters. The Balaban J connectivity index is 3.28. The van der Waals surface area contributed by atoms with Gasteiger partial charge in [0.15, 0.2) is 0 Å². The minimum absolute atomic E-state index is 0.430. The molecule has 56 valence electrons. The molecule has 1 N–H and O–H groups in total. The van der Waals surface area contributed by atoms with E-state index in [-0.39, 0.29) is 0 Å². The van der Waals surface area contributed by atoms with Crippen molar-refractivity contribution in [3.05, 3.63) is 0 Å². The van der Waals surface area contributed by atoms with Gasteiger partial charge in [0.1, 0.15) is 0 Å². The molecule has 0 bridgehead atoms. The molecule has 0 fully saturated rings. The third kappa shape index (κ3) is 8.18. The molecular formula is C7H18OSi. The number of hydrogen-bond acceptors (Lipinski definition) is 1. The van der Waals surface area contributed by atoms with Gasteiger partial charge in [0.05, 0.1) is 5.60 Å². The summed E-state index contributed by atoms with van der Waals surface area (Å²) in [5, 5.41) is 9.29. The standard InChI is InChI=1S/C7H18OSi/c1-7(2,8)5-6-9(3)4/h8-9H,5-6H2,1-4H3. The van der Waals surface area contributed by atoms with E-state index in [1.54, 1.807) is 0 Å². The van der Waals surface area contributed by atoms with Gasteiger partial charge in [0, 0.05) is 8.80 Å². The van der Waals surface area contributed by atoms with Crippen molar-refractivity contribution in [2.24, 2.45) is 0 Å². The van der Waals surface area contributed by atoms with Crippen LogP contribution in [0.1, 0.15) is 20.3 Å². The first-order valence-corrected chi connectivity index (χ1v) is 6.77. The molecule has 0 amide bonds. The lowest BCUT2D eigenvalue weighted by Crippen LogP contribution is -2.20. The summed E-state index contributed by atoms with van der Waals surface area (Å²) in [6.45, 7) is 8.38. The van der Waals surface area contributed by atoms with Crippen LogP contribution in [0, 0.1) is 0 Å². The van der Waals surface area contributed by atoms with E-state index >= 15 is 0 Å². The van der Waals surface area contributed by atoms with Crippen molar-refractivity contribution in [1.29, 1.82) is 0 Å². The fourth-order valence-electron chi connectivity index (χ4n) is 0.642. The lowest BCUT2D eigenvalue weighted by molar-refractivity contribution is 0.0763. The fourth-order valence-corrected chi connectivity index (χ4v) is 1.93. The normalized spacial score (nSPS) is 12.7. The Morgan fingerprint density at radius 3 is 1.89 bits per heavy atom. The van der Waals surface area contributed by atoms with E-state index in [4.69, 9.17) is 0 Å². The maximum Gasteiger partial charge on any atom is 0.0589 e. The molecule has 0 aliphatic carbocycles. The third-order valence-corrected chi connectivity index (χ3v) is 2.78. The molecule has 0 aliphatic rings. The summed E-state index contributed by atoms with van der Waals surface area (Å²) < 4.78 is 0. The highest BCUT2D eigenvalue weighted by Gasteiger charge is 2.12. The van der Waals surface area contributed by atoms with E-state index in [1.807, 2.05) is 13.8 Å². The Kier molecular flexibility index (Phi) is 3.44. The van der Waals surface area contributed by atoms with Crippen LogP contribution >= 0.6 is 0 Å². The molecule has 0 aliphatic heterocycles. The van der Waals surface area contributed by atoms with Gasteiger partial charge >= 0.3 is 0 Å². The van der Waals surface area contributed by atoms with Crippen LogP contribution in [-0.4, -0.2) is 19.5 Å². The van der Waals surface area contributed by atoms with Crippen molar-refractivity contribution in [2.75, 3.05) is 0 Å². The Labute approximate surface area is 59.7 Å². The highest BCUT2D eigenvalue weighted by molar-refractivity contribution is 6.55.